The summed E-state index contributed by atoms with van der Waals surface area (Å²) >= 11 is 4.70. The Labute approximate surface area is 81.4 Å². The third kappa shape index (κ3) is 1.15. The Morgan fingerprint density at radius 1 is 1.50 bits per heavy atom. The smallest absolute Gasteiger partial charge is 0.142 e. The molecule has 0 saturated heterocycles. The average Bonchev–Trinajstić information content (AvgIpc) is 2.41. The molecule has 2 rings (SSSR count). The molecule has 0 radical (unpaired) electrons. The minimum absolute atomic E-state index is 0.196. The van der Waals surface area contributed by atoms with Gasteiger partial charge in [-0.1, -0.05) is 0 Å². The standard InChI is InChI=1S/C8H5BrFNS/c1-4-11-7-5(9)2-3-6(10)8(7)12-4/h2-3H,1H3. The van der Waals surface area contributed by atoms with Crippen LogP contribution in [0, 0.1) is 12.7 Å². The summed E-state index contributed by atoms with van der Waals surface area (Å²) in [6.07, 6.45) is 0. The maximum absolute atomic E-state index is 13.1. The van der Waals surface area contributed by atoms with Crippen molar-refractivity contribution in [3.05, 3.63) is 27.4 Å². The van der Waals surface area contributed by atoms with E-state index in [1.165, 1.54) is 17.4 Å². The third-order valence-corrected chi connectivity index (χ3v) is 3.17. The summed E-state index contributed by atoms with van der Waals surface area (Å²) in [7, 11) is 0. The molecule has 0 saturated carbocycles. The second-order valence-corrected chi connectivity index (χ2v) is 4.50. The fraction of sp³-hybridized carbons (Fsp3) is 0.125. The van der Waals surface area contributed by atoms with Gasteiger partial charge in [0.15, 0.2) is 0 Å². The van der Waals surface area contributed by atoms with Gasteiger partial charge in [-0.15, -0.1) is 11.3 Å². The van der Waals surface area contributed by atoms with E-state index in [-0.39, 0.29) is 5.82 Å². The van der Waals surface area contributed by atoms with Crippen molar-refractivity contribution < 1.29 is 4.39 Å². The van der Waals surface area contributed by atoms with Gasteiger partial charge in [0.2, 0.25) is 0 Å². The zero-order valence-corrected chi connectivity index (χ0v) is 8.67. The van der Waals surface area contributed by atoms with Crippen LogP contribution in [0.3, 0.4) is 0 Å². The van der Waals surface area contributed by atoms with Gasteiger partial charge in [0, 0.05) is 4.47 Å². The molecular weight excluding hydrogens is 241 g/mol. The van der Waals surface area contributed by atoms with E-state index in [4.69, 9.17) is 0 Å². The number of aryl methyl sites for hydroxylation is 1. The van der Waals surface area contributed by atoms with E-state index in [1.54, 1.807) is 6.07 Å². The molecule has 12 heavy (non-hydrogen) atoms. The van der Waals surface area contributed by atoms with Crippen molar-refractivity contribution in [2.75, 3.05) is 0 Å². The van der Waals surface area contributed by atoms with Gasteiger partial charge >= 0.3 is 0 Å². The molecule has 1 aromatic heterocycles. The normalized spacial score (nSPS) is 10.9. The number of benzene rings is 1. The predicted octanol–water partition coefficient (Wildman–Crippen LogP) is 3.51. The summed E-state index contributed by atoms with van der Waals surface area (Å²) in [4.78, 5) is 4.21. The first-order valence-electron chi connectivity index (χ1n) is 3.39. The maximum Gasteiger partial charge on any atom is 0.142 e. The molecule has 0 atom stereocenters. The number of fused-ring (bicyclic) bond motifs is 1. The third-order valence-electron chi connectivity index (χ3n) is 1.55. The Morgan fingerprint density at radius 2 is 2.25 bits per heavy atom. The van der Waals surface area contributed by atoms with Crippen LogP contribution in [0.2, 0.25) is 0 Å². The van der Waals surface area contributed by atoms with E-state index in [0.29, 0.717) is 4.70 Å². The highest BCUT2D eigenvalue weighted by Crippen LogP contribution is 2.29. The van der Waals surface area contributed by atoms with Crippen LogP contribution in [0.15, 0.2) is 16.6 Å². The van der Waals surface area contributed by atoms with Gasteiger partial charge in [-0.25, -0.2) is 9.37 Å². The molecule has 0 amide bonds. The fourth-order valence-electron chi connectivity index (χ4n) is 1.05. The van der Waals surface area contributed by atoms with Crippen LogP contribution in [-0.2, 0) is 0 Å². The van der Waals surface area contributed by atoms with Crippen molar-refractivity contribution in [2.45, 2.75) is 6.92 Å². The molecular formula is C8H5BrFNS. The largest absolute Gasteiger partial charge is 0.240 e. The van der Waals surface area contributed by atoms with Crippen molar-refractivity contribution in [1.29, 1.82) is 0 Å². The first-order valence-corrected chi connectivity index (χ1v) is 5.00. The SMILES string of the molecule is Cc1nc2c(Br)ccc(F)c2s1. The summed E-state index contributed by atoms with van der Waals surface area (Å²) < 4.78 is 14.6. The number of aromatic nitrogens is 1. The quantitative estimate of drug-likeness (QED) is 0.693. The molecule has 1 aromatic carbocycles. The second-order valence-electron chi connectivity index (χ2n) is 2.44. The lowest BCUT2D eigenvalue weighted by Crippen LogP contribution is -1.75. The van der Waals surface area contributed by atoms with E-state index in [9.17, 15) is 4.39 Å². The zero-order chi connectivity index (χ0) is 8.72. The van der Waals surface area contributed by atoms with Crippen molar-refractivity contribution in [3.63, 3.8) is 0 Å². The summed E-state index contributed by atoms with van der Waals surface area (Å²) in [5.41, 5.74) is 0.720. The molecule has 0 spiro atoms. The molecule has 0 N–H and O–H groups in total. The van der Waals surface area contributed by atoms with Gasteiger partial charge in [0.1, 0.15) is 5.82 Å². The summed E-state index contributed by atoms with van der Waals surface area (Å²) in [6, 6.07) is 3.13. The van der Waals surface area contributed by atoms with Crippen molar-refractivity contribution in [3.8, 4) is 0 Å². The Kier molecular flexibility index (Phi) is 1.88. The number of nitrogens with zero attached hydrogens (tertiary/aromatic N) is 1. The van der Waals surface area contributed by atoms with E-state index in [0.717, 1.165) is 15.0 Å². The molecule has 62 valence electrons. The number of rotatable bonds is 0. The van der Waals surface area contributed by atoms with E-state index < -0.39 is 0 Å². The Morgan fingerprint density at radius 3 is 2.92 bits per heavy atom. The Balaban J connectivity index is 2.93. The van der Waals surface area contributed by atoms with Crippen LogP contribution < -0.4 is 0 Å². The van der Waals surface area contributed by atoms with Crippen LogP contribution in [0.25, 0.3) is 10.2 Å². The van der Waals surface area contributed by atoms with E-state index in [1.807, 2.05) is 6.92 Å². The highest BCUT2D eigenvalue weighted by atomic mass is 79.9. The molecule has 0 bridgehead atoms. The molecule has 1 heterocycles. The van der Waals surface area contributed by atoms with Crippen LogP contribution >= 0.6 is 27.3 Å². The number of thiazole rings is 1. The molecule has 0 aliphatic carbocycles. The number of halogens is 2. The topological polar surface area (TPSA) is 12.9 Å². The summed E-state index contributed by atoms with van der Waals surface area (Å²) in [6.45, 7) is 1.87. The molecule has 2 aromatic rings. The molecule has 0 aliphatic heterocycles. The highest BCUT2D eigenvalue weighted by Gasteiger charge is 2.08. The van der Waals surface area contributed by atoms with Gasteiger partial charge < -0.3 is 0 Å². The first kappa shape index (κ1) is 8.13. The van der Waals surface area contributed by atoms with Gasteiger partial charge in [0.25, 0.3) is 0 Å². The second kappa shape index (κ2) is 2.78. The van der Waals surface area contributed by atoms with Crippen molar-refractivity contribution in [1.82, 2.24) is 4.98 Å². The summed E-state index contributed by atoms with van der Waals surface area (Å²) in [5.74, 6) is -0.196. The average molecular weight is 246 g/mol. The maximum atomic E-state index is 13.1. The number of hydrogen-bond acceptors (Lipinski definition) is 2. The Bertz CT molecular complexity index is 399. The molecule has 0 aliphatic rings. The van der Waals surface area contributed by atoms with Crippen LogP contribution in [0.5, 0.6) is 0 Å². The minimum Gasteiger partial charge on any atom is -0.240 e. The predicted molar refractivity (Wildman–Crippen MR) is 52.0 cm³/mol. The summed E-state index contributed by atoms with van der Waals surface area (Å²) in [5, 5.41) is 0.885. The lowest BCUT2D eigenvalue weighted by Gasteiger charge is -1.91. The van der Waals surface area contributed by atoms with E-state index in [2.05, 4.69) is 20.9 Å². The van der Waals surface area contributed by atoms with E-state index >= 15 is 0 Å². The molecule has 0 unspecified atom stereocenters. The monoisotopic (exact) mass is 245 g/mol. The van der Waals surface area contributed by atoms with Gasteiger partial charge in [-0.2, -0.15) is 0 Å². The van der Waals surface area contributed by atoms with Crippen LogP contribution in [0.1, 0.15) is 5.01 Å². The lowest BCUT2D eigenvalue weighted by molar-refractivity contribution is 0.641. The lowest BCUT2D eigenvalue weighted by atomic mass is 10.3. The van der Waals surface area contributed by atoms with Crippen molar-refractivity contribution >= 4 is 37.5 Å². The molecule has 0 fully saturated rings. The molecule has 4 heteroatoms. The van der Waals surface area contributed by atoms with Crippen LogP contribution in [0.4, 0.5) is 4.39 Å². The molecule has 1 nitrogen and oxygen atoms in total. The van der Waals surface area contributed by atoms with Gasteiger partial charge in [0.05, 0.1) is 15.2 Å². The fourth-order valence-corrected chi connectivity index (χ4v) is 2.45. The minimum atomic E-state index is -0.196. The zero-order valence-electron chi connectivity index (χ0n) is 6.27. The highest BCUT2D eigenvalue weighted by molar-refractivity contribution is 9.10. The van der Waals surface area contributed by atoms with Gasteiger partial charge in [-0.3, -0.25) is 0 Å². The van der Waals surface area contributed by atoms with Crippen molar-refractivity contribution in [2.24, 2.45) is 0 Å². The van der Waals surface area contributed by atoms with Crippen LogP contribution in [-0.4, -0.2) is 4.98 Å². The first-order chi connectivity index (χ1) is 5.68. The van der Waals surface area contributed by atoms with Gasteiger partial charge in [-0.05, 0) is 35.0 Å². The number of hydrogen-bond donors (Lipinski definition) is 0. The Hall–Kier alpha value is -0.480.